The van der Waals surface area contributed by atoms with Crippen molar-refractivity contribution in [1.29, 1.82) is 0 Å². The van der Waals surface area contributed by atoms with Crippen molar-refractivity contribution in [3.8, 4) is 17.2 Å². The van der Waals surface area contributed by atoms with Crippen LogP contribution in [0.1, 0.15) is 11.3 Å². The molecule has 0 atom stereocenters. The molecule has 2 rings (SSSR count). The Kier molecular flexibility index (Phi) is 3.96. The zero-order valence-corrected chi connectivity index (χ0v) is 13.0. The van der Waals surface area contributed by atoms with Crippen LogP contribution in [-0.4, -0.2) is 17.9 Å². The lowest BCUT2D eigenvalue weighted by molar-refractivity contribution is -0.141. The average Bonchev–Trinajstić information content (AvgIpc) is 2.81. The van der Waals surface area contributed by atoms with Crippen molar-refractivity contribution in [3.05, 3.63) is 47.8 Å². The monoisotopic (exact) mass is 308 g/mol. The van der Waals surface area contributed by atoms with E-state index in [1.54, 1.807) is 30.3 Å². The molecule has 0 amide bonds. The molecule has 2 aromatic rings. The van der Waals surface area contributed by atoms with Gasteiger partial charge in [0.1, 0.15) is 8.07 Å². The van der Waals surface area contributed by atoms with Crippen LogP contribution in [0.4, 0.5) is 13.2 Å². The number of halogens is 3. The van der Waals surface area contributed by atoms with Crippen LogP contribution >= 0.6 is 0 Å². The molecule has 0 saturated carbocycles. The van der Waals surface area contributed by atoms with Gasteiger partial charge in [0.2, 0.25) is 0 Å². The fraction of sp³-hybridized carbons (Fsp3) is 0.267. The van der Waals surface area contributed by atoms with Gasteiger partial charge in [0.15, 0.2) is 5.69 Å². The Morgan fingerprint density at radius 1 is 1.10 bits per heavy atom. The van der Waals surface area contributed by atoms with E-state index in [2.05, 4.69) is 16.6 Å². The summed E-state index contributed by atoms with van der Waals surface area (Å²) in [6.45, 7) is 5.94. The third-order valence-electron chi connectivity index (χ3n) is 2.58. The molecule has 0 bridgehead atoms. The molecule has 1 aromatic carbocycles. The first kappa shape index (κ1) is 15.4. The molecule has 0 spiro atoms. The maximum absolute atomic E-state index is 13.1. The minimum absolute atomic E-state index is 0.0752. The minimum Gasteiger partial charge on any atom is -0.239 e. The van der Waals surface area contributed by atoms with Crippen molar-refractivity contribution < 1.29 is 13.2 Å². The van der Waals surface area contributed by atoms with E-state index in [-0.39, 0.29) is 5.56 Å². The van der Waals surface area contributed by atoms with E-state index in [1.807, 2.05) is 19.6 Å². The molecule has 0 aliphatic heterocycles. The van der Waals surface area contributed by atoms with E-state index in [0.29, 0.717) is 5.69 Å². The summed E-state index contributed by atoms with van der Waals surface area (Å²) >= 11 is 0. The summed E-state index contributed by atoms with van der Waals surface area (Å²) in [5.41, 5.74) is 2.52. The second kappa shape index (κ2) is 5.41. The molecule has 0 aliphatic rings. The second-order valence-electron chi connectivity index (χ2n) is 5.67. The lowest BCUT2D eigenvalue weighted by Gasteiger charge is -2.04. The number of hydrogen-bond acceptors (Lipinski definition) is 1. The SMILES string of the molecule is C[Si](C)(C)C#Cc1cn(-c2ccccc2)nc1C(F)(F)F. The van der Waals surface area contributed by atoms with E-state index in [4.69, 9.17) is 0 Å². The third kappa shape index (κ3) is 3.98. The number of benzene rings is 1. The van der Waals surface area contributed by atoms with Crippen molar-refractivity contribution in [1.82, 2.24) is 9.78 Å². The second-order valence-corrected chi connectivity index (χ2v) is 10.4. The van der Waals surface area contributed by atoms with E-state index < -0.39 is 19.9 Å². The first-order valence-corrected chi connectivity index (χ1v) is 9.92. The van der Waals surface area contributed by atoms with Crippen LogP contribution in [0.25, 0.3) is 5.69 Å². The average molecular weight is 308 g/mol. The fourth-order valence-corrected chi connectivity index (χ4v) is 2.15. The van der Waals surface area contributed by atoms with Gasteiger partial charge in [-0.25, -0.2) is 4.68 Å². The lowest BCUT2D eigenvalue weighted by Crippen LogP contribution is -2.16. The van der Waals surface area contributed by atoms with E-state index in [1.165, 1.54) is 10.9 Å². The first-order chi connectivity index (χ1) is 9.67. The summed E-state index contributed by atoms with van der Waals surface area (Å²) < 4.78 is 40.4. The maximum Gasteiger partial charge on any atom is 0.436 e. The Balaban J connectivity index is 2.53. The number of aromatic nitrogens is 2. The van der Waals surface area contributed by atoms with Crippen LogP contribution in [0.2, 0.25) is 19.6 Å². The van der Waals surface area contributed by atoms with Crippen LogP contribution in [-0.2, 0) is 6.18 Å². The number of alkyl halides is 3. The largest absolute Gasteiger partial charge is 0.436 e. The number of rotatable bonds is 1. The van der Waals surface area contributed by atoms with Gasteiger partial charge in [0, 0.05) is 6.20 Å². The number of nitrogens with zero attached hydrogens (tertiary/aromatic N) is 2. The van der Waals surface area contributed by atoms with Crippen LogP contribution in [0, 0.1) is 11.5 Å². The highest BCUT2D eigenvalue weighted by atomic mass is 28.3. The molecular formula is C15H15F3N2Si. The summed E-state index contributed by atoms with van der Waals surface area (Å²) in [5.74, 6) is 2.66. The number of para-hydroxylation sites is 1. The topological polar surface area (TPSA) is 17.8 Å². The molecule has 0 unspecified atom stereocenters. The predicted molar refractivity (Wildman–Crippen MR) is 78.8 cm³/mol. The van der Waals surface area contributed by atoms with Gasteiger partial charge >= 0.3 is 6.18 Å². The van der Waals surface area contributed by atoms with Gasteiger partial charge in [0.25, 0.3) is 0 Å². The predicted octanol–water partition coefficient (Wildman–Crippen LogP) is 4.12. The van der Waals surface area contributed by atoms with Gasteiger partial charge in [0.05, 0.1) is 11.3 Å². The third-order valence-corrected chi connectivity index (χ3v) is 3.45. The van der Waals surface area contributed by atoms with Crippen LogP contribution in [0.3, 0.4) is 0 Å². The van der Waals surface area contributed by atoms with Crippen LogP contribution in [0.15, 0.2) is 36.5 Å². The molecule has 1 heterocycles. The standard InChI is InChI=1S/C15H15F3N2Si/c1-21(2,3)10-9-12-11-20(13-7-5-4-6-8-13)19-14(12)15(16,17)18/h4-8,11H,1-3H3. The van der Waals surface area contributed by atoms with E-state index >= 15 is 0 Å². The molecule has 0 N–H and O–H groups in total. The van der Waals surface area contributed by atoms with Crippen LogP contribution < -0.4 is 0 Å². The van der Waals surface area contributed by atoms with Crippen molar-refractivity contribution in [2.75, 3.05) is 0 Å². The molecule has 2 nitrogen and oxygen atoms in total. The highest BCUT2D eigenvalue weighted by Gasteiger charge is 2.37. The summed E-state index contributed by atoms with van der Waals surface area (Å²) in [5, 5.41) is 3.66. The summed E-state index contributed by atoms with van der Waals surface area (Å²) in [7, 11) is -1.76. The highest BCUT2D eigenvalue weighted by molar-refractivity contribution is 6.83. The maximum atomic E-state index is 13.1. The summed E-state index contributed by atoms with van der Waals surface area (Å²) in [6.07, 6.45) is -3.17. The highest BCUT2D eigenvalue weighted by Crippen LogP contribution is 2.31. The van der Waals surface area contributed by atoms with Gasteiger partial charge in [-0.3, -0.25) is 0 Å². The molecular weight excluding hydrogens is 293 g/mol. The lowest BCUT2D eigenvalue weighted by atomic mass is 10.2. The molecule has 6 heteroatoms. The molecule has 0 fully saturated rings. The van der Waals surface area contributed by atoms with Crippen molar-refractivity contribution in [3.63, 3.8) is 0 Å². The molecule has 21 heavy (non-hydrogen) atoms. The molecule has 0 aliphatic carbocycles. The normalized spacial score (nSPS) is 11.9. The van der Waals surface area contributed by atoms with E-state index in [0.717, 1.165) is 0 Å². The smallest absolute Gasteiger partial charge is 0.239 e. The Hall–Kier alpha value is -2.00. The minimum atomic E-state index is -4.51. The number of hydrogen-bond donors (Lipinski definition) is 0. The quantitative estimate of drug-likeness (QED) is 0.572. The molecule has 110 valence electrons. The van der Waals surface area contributed by atoms with Gasteiger partial charge in [-0.05, 0) is 12.1 Å². The van der Waals surface area contributed by atoms with Gasteiger partial charge in [-0.15, -0.1) is 5.54 Å². The Morgan fingerprint density at radius 2 is 1.71 bits per heavy atom. The van der Waals surface area contributed by atoms with Gasteiger partial charge < -0.3 is 0 Å². The Bertz CT molecular complexity index is 686. The summed E-state index contributed by atoms with van der Waals surface area (Å²) in [4.78, 5) is 0. The molecule has 0 saturated heterocycles. The van der Waals surface area contributed by atoms with Crippen molar-refractivity contribution in [2.24, 2.45) is 0 Å². The molecule has 1 aromatic heterocycles. The molecule has 0 radical (unpaired) electrons. The zero-order valence-electron chi connectivity index (χ0n) is 12.0. The fourth-order valence-electron chi connectivity index (χ4n) is 1.64. The Morgan fingerprint density at radius 3 is 2.24 bits per heavy atom. The first-order valence-electron chi connectivity index (χ1n) is 6.42. The van der Waals surface area contributed by atoms with Gasteiger partial charge in [-0.2, -0.15) is 18.3 Å². The summed E-state index contributed by atoms with van der Waals surface area (Å²) in [6, 6.07) is 8.69. The van der Waals surface area contributed by atoms with Crippen molar-refractivity contribution >= 4 is 8.07 Å². The van der Waals surface area contributed by atoms with E-state index in [9.17, 15) is 13.2 Å². The zero-order chi connectivity index (χ0) is 15.7. The van der Waals surface area contributed by atoms with Crippen LogP contribution in [0.5, 0.6) is 0 Å². The van der Waals surface area contributed by atoms with Crippen molar-refractivity contribution in [2.45, 2.75) is 25.8 Å². The Labute approximate surface area is 122 Å². The van der Waals surface area contributed by atoms with Gasteiger partial charge in [-0.1, -0.05) is 43.8 Å².